The van der Waals surface area contributed by atoms with E-state index in [0.29, 0.717) is 5.13 Å². The predicted octanol–water partition coefficient (Wildman–Crippen LogP) is 5.26. The Kier molecular flexibility index (Phi) is 9.20. The number of rotatable bonds is 11. The maximum absolute atomic E-state index is 12.0. The van der Waals surface area contributed by atoms with Gasteiger partial charge in [0.05, 0.1) is 6.61 Å². The summed E-state index contributed by atoms with van der Waals surface area (Å²) < 4.78 is 6.51. The van der Waals surface area contributed by atoms with Crippen molar-refractivity contribution in [1.29, 1.82) is 0 Å². The second-order valence-corrected chi connectivity index (χ2v) is 7.99. The van der Waals surface area contributed by atoms with Crippen LogP contribution >= 0.6 is 23.1 Å². The first kappa shape index (κ1) is 20.5. The van der Waals surface area contributed by atoms with Gasteiger partial charge in [-0.25, -0.2) is 0 Å². The van der Waals surface area contributed by atoms with E-state index in [1.54, 1.807) is 17.8 Å². The zero-order valence-electron chi connectivity index (χ0n) is 15.2. The van der Waals surface area contributed by atoms with Crippen molar-refractivity contribution in [3.63, 3.8) is 0 Å². The number of carbonyl (C=O) groups is 1. The van der Waals surface area contributed by atoms with Crippen LogP contribution in [0.15, 0.2) is 34.7 Å². The molecule has 0 atom stereocenters. The van der Waals surface area contributed by atoms with E-state index >= 15 is 0 Å². The molecule has 1 aromatic carbocycles. The van der Waals surface area contributed by atoms with Crippen molar-refractivity contribution in [2.24, 2.45) is 0 Å². The smallest absolute Gasteiger partial charge is 0.250 e. The van der Waals surface area contributed by atoms with E-state index in [4.69, 9.17) is 4.74 Å². The van der Waals surface area contributed by atoms with Crippen LogP contribution in [0.4, 0.5) is 5.13 Å². The van der Waals surface area contributed by atoms with Crippen molar-refractivity contribution < 1.29 is 9.53 Å². The summed E-state index contributed by atoms with van der Waals surface area (Å²) in [5.74, 6) is 1.66. The molecule has 0 spiro atoms. The summed E-state index contributed by atoms with van der Waals surface area (Å²) in [5, 5.41) is 11.4. The molecule has 1 amide bonds. The third kappa shape index (κ3) is 7.58. The predicted molar refractivity (Wildman–Crippen MR) is 110 cm³/mol. The van der Waals surface area contributed by atoms with E-state index < -0.39 is 0 Å². The number of aromatic nitrogens is 2. The van der Waals surface area contributed by atoms with Crippen molar-refractivity contribution in [2.75, 3.05) is 17.7 Å². The molecular formula is C19H25N3O2S2. The molecule has 140 valence electrons. The standard InChI is InChI=1S/C19H25N3O2S2/c1-3-5-13-24-16-10-7-15(8-11-16)9-12-17(23)20-18-21-22-19(26-18)25-14-6-4-2/h7-12H,3-6,13-14H2,1-2H3,(H,20,21,23)/b12-9+. The highest BCUT2D eigenvalue weighted by Crippen LogP contribution is 2.26. The fraction of sp³-hybridized carbons (Fsp3) is 0.421. The lowest BCUT2D eigenvalue weighted by Gasteiger charge is -2.04. The van der Waals surface area contributed by atoms with Gasteiger partial charge in [-0.3, -0.25) is 10.1 Å². The van der Waals surface area contributed by atoms with Crippen LogP contribution in [0.2, 0.25) is 0 Å². The Bertz CT molecular complexity index is 699. The quantitative estimate of drug-likeness (QED) is 0.245. The van der Waals surface area contributed by atoms with Crippen LogP contribution in [0, 0.1) is 0 Å². The van der Waals surface area contributed by atoms with E-state index in [1.165, 1.54) is 17.4 Å². The van der Waals surface area contributed by atoms with Gasteiger partial charge in [0.2, 0.25) is 11.0 Å². The normalized spacial score (nSPS) is 11.0. The first-order chi connectivity index (χ1) is 12.7. The summed E-state index contributed by atoms with van der Waals surface area (Å²) in [6, 6.07) is 7.69. The summed E-state index contributed by atoms with van der Waals surface area (Å²) in [6.45, 7) is 5.02. The third-order valence-corrected chi connectivity index (χ3v) is 5.49. The van der Waals surface area contributed by atoms with Crippen molar-refractivity contribution >= 4 is 40.2 Å². The molecule has 2 rings (SSSR count). The van der Waals surface area contributed by atoms with Gasteiger partial charge in [-0.05, 0) is 36.6 Å². The summed E-state index contributed by atoms with van der Waals surface area (Å²) in [7, 11) is 0. The SMILES string of the molecule is CCCCOc1ccc(/C=C/C(=O)Nc2nnc(SCCCC)s2)cc1. The first-order valence-corrected chi connectivity index (χ1v) is 10.7. The fourth-order valence-corrected chi connectivity index (χ4v) is 3.86. The lowest BCUT2D eigenvalue weighted by atomic mass is 10.2. The minimum atomic E-state index is -0.213. The molecule has 0 radical (unpaired) electrons. The zero-order chi connectivity index (χ0) is 18.6. The van der Waals surface area contributed by atoms with Crippen LogP contribution in [0.1, 0.15) is 45.1 Å². The summed E-state index contributed by atoms with van der Waals surface area (Å²) >= 11 is 3.08. The van der Waals surface area contributed by atoms with Gasteiger partial charge in [-0.1, -0.05) is 61.9 Å². The van der Waals surface area contributed by atoms with E-state index in [1.807, 2.05) is 24.3 Å². The van der Waals surface area contributed by atoms with Gasteiger partial charge < -0.3 is 4.74 Å². The zero-order valence-corrected chi connectivity index (χ0v) is 16.9. The lowest BCUT2D eigenvalue weighted by Crippen LogP contribution is -2.07. The van der Waals surface area contributed by atoms with Gasteiger partial charge in [-0.15, -0.1) is 10.2 Å². The van der Waals surface area contributed by atoms with Crippen LogP contribution in [0.3, 0.4) is 0 Å². The van der Waals surface area contributed by atoms with Crippen molar-refractivity contribution in [2.45, 2.75) is 43.9 Å². The maximum atomic E-state index is 12.0. The number of unbranched alkanes of at least 4 members (excludes halogenated alkanes) is 2. The van der Waals surface area contributed by atoms with Gasteiger partial charge in [0.15, 0.2) is 4.34 Å². The number of ether oxygens (including phenoxy) is 1. The monoisotopic (exact) mass is 391 g/mol. The number of nitrogens with one attached hydrogen (secondary N) is 1. The highest BCUT2D eigenvalue weighted by atomic mass is 32.2. The molecule has 5 nitrogen and oxygen atoms in total. The molecule has 0 saturated heterocycles. The number of thioether (sulfide) groups is 1. The number of hydrogen-bond donors (Lipinski definition) is 1. The molecule has 0 aliphatic heterocycles. The molecule has 0 fully saturated rings. The summed E-state index contributed by atoms with van der Waals surface area (Å²) in [5.41, 5.74) is 0.941. The molecule has 1 N–H and O–H groups in total. The Labute approximate surface area is 163 Å². The number of nitrogens with zero attached hydrogens (tertiary/aromatic N) is 2. The lowest BCUT2D eigenvalue weighted by molar-refractivity contribution is -0.111. The highest BCUT2D eigenvalue weighted by Gasteiger charge is 2.06. The number of hydrogen-bond acceptors (Lipinski definition) is 6. The summed E-state index contributed by atoms with van der Waals surface area (Å²) in [6.07, 6.45) is 7.74. The molecule has 0 unspecified atom stereocenters. The molecule has 7 heteroatoms. The van der Waals surface area contributed by atoms with Gasteiger partial charge in [0, 0.05) is 11.8 Å². The number of amides is 1. The van der Waals surface area contributed by atoms with Crippen LogP contribution in [-0.4, -0.2) is 28.5 Å². The van der Waals surface area contributed by atoms with E-state index in [9.17, 15) is 4.79 Å². The first-order valence-electron chi connectivity index (χ1n) is 8.89. The van der Waals surface area contributed by atoms with Gasteiger partial charge in [0.1, 0.15) is 5.75 Å². The largest absolute Gasteiger partial charge is 0.494 e. The Balaban J connectivity index is 1.79. The molecule has 0 aliphatic rings. The van der Waals surface area contributed by atoms with Gasteiger partial charge in [-0.2, -0.15) is 0 Å². The number of anilines is 1. The second kappa shape index (κ2) is 11.7. The Morgan fingerprint density at radius 2 is 1.96 bits per heavy atom. The van der Waals surface area contributed by atoms with Crippen molar-refractivity contribution in [1.82, 2.24) is 10.2 Å². The molecular weight excluding hydrogens is 366 g/mol. The van der Waals surface area contributed by atoms with Crippen LogP contribution in [0.5, 0.6) is 5.75 Å². The highest BCUT2D eigenvalue weighted by molar-refractivity contribution is 8.01. The van der Waals surface area contributed by atoms with E-state index in [-0.39, 0.29) is 5.91 Å². The topological polar surface area (TPSA) is 64.1 Å². The van der Waals surface area contributed by atoms with Gasteiger partial charge in [0.25, 0.3) is 0 Å². The second-order valence-electron chi connectivity index (χ2n) is 5.67. The van der Waals surface area contributed by atoms with Crippen molar-refractivity contribution in [3.05, 3.63) is 35.9 Å². The maximum Gasteiger partial charge on any atom is 0.250 e. The molecule has 0 bridgehead atoms. The molecule has 26 heavy (non-hydrogen) atoms. The summed E-state index contributed by atoms with van der Waals surface area (Å²) in [4.78, 5) is 12.0. The Hall–Kier alpha value is -1.86. The Morgan fingerprint density at radius 3 is 2.69 bits per heavy atom. The van der Waals surface area contributed by atoms with Crippen LogP contribution in [0.25, 0.3) is 6.08 Å². The Morgan fingerprint density at radius 1 is 1.19 bits per heavy atom. The third-order valence-electron chi connectivity index (χ3n) is 3.43. The molecule has 1 heterocycles. The average molecular weight is 392 g/mol. The molecule has 1 aromatic heterocycles. The molecule has 0 saturated carbocycles. The van der Waals surface area contributed by atoms with Crippen LogP contribution in [-0.2, 0) is 4.79 Å². The van der Waals surface area contributed by atoms with E-state index in [2.05, 4.69) is 29.4 Å². The number of benzene rings is 1. The minimum absolute atomic E-state index is 0.213. The fourth-order valence-electron chi connectivity index (χ4n) is 1.95. The minimum Gasteiger partial charge on any atom is -0.494 e. The number of carbonyl (C=O) groups excluding carboxylic acids is 1. The van der Waals surface area contributed by atoms with E-state index in [0.717, 1.165) is 53.7 Å². The van der Waals surface area contributed by atoms with Gasteiger partial charge >= 0.3 is 0 Å². The average Bonchev–Trinajstić information content (AvgIpc) is 3.09. The molecule has 0 aliphatic carbocycles. The van der Waals surface area contributed by atoms with Crippen LogP contribution < -0.4 is 10.1 Å². The molecule has 2 aromatic rings. The van der Waals surface area contributed by atoms with Crippen molar-refractivity contribution in [3.8, 4) is 5.75 Å².